The van der Waals surface area contributed by atoms with Crippen LogP contribution in [0, 0.1) is 5.82 Å². The molecule has 1 aromatic carbocycles. The van der Waals surface area contributed by atoms with E-state index >= 15 is 0 Å². The number of rotatable bonds is 5. The van der Waals surface area contributed by atoms with E-state index in [4.69, 9.17) is 9.94 Å². The summed E-state index contributed by atoms with van der Waals surface area (Å²) in [5.41, 5.74) is -0.262. The van der Waals surface area contributed by atoms with Gasteiger partial charge >= 0.3 is 6.09 Å². The fourth-order valence-electron chi connectivity index (χ4n) is 1.67. The quantitative estimate of drug-likeness (QED) is 0.816. The Labute approximate surface area is 117 Å². The maximum atomic E-state index is 13.0. The Kier molecular flexibility index (Phi) is 5.47. The molecule has 0 aliphatic carbocycles. The van der Waals surface area contributed by atoms with Gasteiger partial charge in [0.25, 0.3) is 0 Å². The summed E-state index contributed by atoms with van der Waals surface area (Å²) in [4.78, 5) is 16.2. The van der Waals surface area contributed by atoms with Crippen LogP contribution in [0.2, 0.25) is 0 Å². The van der Waals surface area contributed by atoms with Crippen LogP contribution >= 0.6 is 0 Å². The van der Waals surface area contributed by atoms with E-state index in [0.717, 1.165) is 5.06 Å². The Bertz CT molecular complexity index is 459. The average molecular weight is 285 g/mol. The number of hydrogen-bond acceptors (Lipinski definition) is 3. The van der Waals surface area contributed by atoms with Gasteiger partial charge < -0.3 is 10.2 Å². The Morgan fingerprint density at radius 1 is 1.45 bits per heavy atom. The van der Waals surface area contributed by atoms with Crippen LogP contribution in [0.4, 0.5) is 9.18 Å². The number of hydroxylamine groups is 2. The van der Waals surface area contributed by atoms with Crippen molar-refractivity contribution in [2.24, 2.45) is 0 Å². The van der Waals surface area contributed by atoms with Gasteiger partial charge in [-0.15, -0.1) is 0 Å². The molecule has 20 heavy (non-hydrogen) atoms. The van der Waals surface area contributed by atoms with Crippen molar-refractivity contribution < 1.29 is 24.2 Å². The molecule has 0 spiro atoms. The topological polar surface area (TPSA) is 70.0 Å². The maximum absolute atomic E-state index is 13.0. The Hall–Kier alpha value is -1.66. The van der Waals surface area contributed by atoms with Gasteiger partial charge in [-0.3, -0.25) is 4.84 Å². The first-order valence-electron chi connectivity index (χ1n) is 6.31. The van der Waals surface area contributed by atoms with Crippen LogP contribution in [0.3, 0.4) is 0 Å². The van der Waals surface area contributed by atoms with Gasteiger partial charge in [-0.25, -0.2) is 9.18 Å². The second-order valence-corrected chi connectivity index (χ2v) is 5.44. The van der Waals surface area contributed by atoms with Gasteiger partial charge in [0.05, 0.1) is 18.2 Å². The zero-order chi connectivity index (χ0) is 15.3. The Morgan fingerprint density at radius 2 is 2.10 bits per heavy atom. The van der Waals surface area contributed by atoms with Crippen molar-refractivity contribution in [3.63, 3.8) is 0 Å². The molecule has 2 N–H and O–H groups in total. The van der Waals surface area contributed by atoms with E-state index in [2.05, 4.69) is 0 Å². The third kappa shape index (κ3) is 4.79. The van der Waals surface area contributed by atoms with Crippen molar-refractivity contribution in [3.05, 3.63) is 35.6 Å². The van der Waals surface area contributed by atoms with Gasteiger partial charge in [0.1, 0.15) is 5.82 Å². The van der Waals surface area contributed by atoms with E-state index in [1.807, 2.05) is 0 Å². The lowest BCUT2D eigenvalue weighted by molar-refractivity contribution is -0.182. The highest BCUT2D eigenvalue weighted by atomic mass is 19.1. The fraction of sp³-hybridized carbons (Fsp3) is 0.500. The highest BCUT2D eigenvalue weighted by Gasteiger charge is 2.27. The molecule has 0 bridgehead atoms. The Morgan fingerprint density at radius 3 is 2.60 bits per heavy atom. The van der Waals surface area contributed by atoms with E-state index in [0.29, 0.717) is 5.56 Å². The van der Waals surface area contributed by atoms with Gasteiger partial charge in [-0.1, -0.05) is 12.1 Å². The zero-order valence-corrected chi connectivity index (χ0v) is 11.8. The minimum atomic E-state index is -1.20. The van der Waals surface area contributed by atoms with Gasteiger partial charge in [-0.2, -0.15) is 5.06 Å². The summed E-state index contributed by atoms with van der Waals surface area (Å²) in [7, 11) is 0. The number of aliphatic hydroxyl groups is 1. The SMILES string of the molecule is CC(C)(C)N(OCC[C@@H](O)c1cccc(F)c1)C(=O)O. The van der Waals surface area contributed by atoms with Crippen LogP contribution < -0.4 is 0 Å². The van der Waals surface area contributed by atoms with Crippen molar-refractivity contribution in [2.45, 2.75) is 38.8 Å². The smallest absolute Gasteiger partial charge is 0.431 e. The van der Waals surface area contributed by atoms with Crippen molar-refractivity contribution in [1.29, 1.82) is 0 Å². The normalized spacial score (nSPS) is 13.1. The highest BCUT2D eigenvalue weighted by molar-refractivity contribution is 5.64. The number of carboxylic acid groups (broad SMARTS) is 1. The lowest BCUT2D eigenvalue weighted by Crippen LogP contribution is -2.45. The summed E-state index contributed by atoms with van der Waals surface area (Å²) < 4.78 is 13.0. The van der Waals surface area contributed by atoms with Crippen molar-refractivity contribution in [3.8, 4) is 0 Å². The second-order valence-electron chi connectivity index (χ2n) is 5.44. The molecule has 0 aliphatic rings. The zero-order valence-electron chi connectivity index (χ0n) is 11.8. The number of halogens is 1. The summed E-state index contributed by atoms with van der Waals surface area (Å²) in [6.07, 6.45) is -1.93. The molecule has 0 saturated heterocycles. The predicted octanol–water partition coefficient (Wildman–Crippen LogP) is 2.96. The highest BCUT2D eigenvalue weighted by Crippen LogP contribution is 2.19. The first kappa shape index (κ1) is 16.4. The molecule has 0 aromatic heterocycles. The number of hydrogen-bond donors (Lipinski definition) is 2. The molecule has 112 valence electrons. The van der Waals surface area contributed by atoms with Gasteiger partial charge in [-0.05, 0) is 38.5 Å². The van der Waals surface area contributed by atoms with Crippen LogP contribution in [0.1, 0.15) is 38.9 Å². The molecule has 1 aromatic rings. The molecule has 5 nitrogen and oxygen atoms in total. The number of aliphatic hydroxyl groups excluding tert-OH is 1. The first-order chi connectivity index (χ1) is 9.21. The molecule has 0 radical (unpaired) electrons. The number of amides is 1. The maximum Gasteiger partial charge on any atom is 0.431 e. The third-order valence-corrected chi connectivity index (χ3v) is 2.63. The predicted molar refractivity (Wildman–Crippen MR) is 71.5 cm³/mol. The van der Waals surface area contributed by atoms with E-state index in [1.54, 1.807) is 26.8 Å². The van der Waals surface area contributed by atoms with E-state index in [1.165, 1.54) is 18.2 Å². The number of benzene rings is 1. The standard InChI is InChI=1S/C14H20FNO4/c1-14(2,3)16(13(18)19)20-8-7-12(17)10-5-4-6-11(15)9-10/h4-6,9,12,17H,7-8H2,1-3H3,(H,18,19)/t12-/m1/s1. The molecule has 0 saturated carbocycles. The van der Waals surface area contributed by atoms with Crippen molar-refractivity contribution in [2.75, 3.05) is 6.61 Å². The van der Waals surface area contributed by atoms with E-state index in [9.17, 15) is 14.3 Å². The monoisotopic (exact) mass is 285 g/mol. The van der Waals surface area contributed by atoms with Crippen molar-refractivity contribution >= 4 is 6.09 Å². The van der Waals surface area contributed by atoms with Crippen LogP contribution in [-0.4, -0.2) is 33.5 Å². The molecular formula is C14H20FNO4. The molecular weight excluding hydrogens is 265 g/mol. The van der Waals surface area contributed by atoms with E-state index < -0.39 is 23.6 Å². The van der Waals surface area contributed by atoms with Gasteiger partial charge in [0.15, 0.2) is 0 Å². The number of nitrogens with zero attached hydrogens (tertiary/aromatic N) is 1. The van der Waals surface area contributed by atoms with Crippen LogP contribution in [0.15, 0.2) is 24.3 Å². The summed E-state index contributed by atoms with van der Waals surface area (Å²) in [5.74, 6) is -0.427. The summed E-state index contributed by atoms with van der Waals surface area (Å²) in [6.45, 7) is 5.11. The minimum absolute atomic E-state index is 0.0151. The average Bonchev–Trinajstić information content (AvgIpc) is 2.32. The molecule has 1 rings (SSSR count). The van der Waals surface area contributed by atoms with E-state index in [-0.39, 0.29) is 13.0 Å². The molecule has 1 atom stereocenters. The van der Waals surface area contributed by atoms with Gasteiger partial charge in [0.2, 0.25) is 0 Å². The summed E-state index contributed by atoms with van der Waals surface area (Å²) in [6, 6.07) is 5.64. The summed E-state index contributed by atoms with van der Waals surface area (Å²) >= 11 is 0. The van der Waals surface area contributed by atoms with Crippen molar-refractivity contribution in [1.82, 2.24) is 5.06 Å². The van der Waals surface area contributed by atoms with Crippen LogP contribution in [0.5, 0.6) is 0 Å². The van der Waals surface area contributed by atoms with Crippen LogP contribution in [0.25, 0.3) is 0 Å². The molecule has 0 heterocycles. The molecule has 1 amide bonds. The summed E-state index contributed by atoms with van der Waals surface area (Å²) in [5, 5.41) is 19.7. The van der Waals surface area contributed by atoms with Crippen LogP contribution in [-0.2, 0) is 4.84 Å². The third-order valence-electron chi connectivity index (χ3n) is 2.63. The molecule has 0 unspecified atom stereocenters. The lowest BCUT2D eigenvalue weighted by atomic mass is 10.1. The molecule has 6 heteroatoms. The minimum Gasteiger partial charge on any atom is -0.463 e. The molecule has 0 fully saturated rings. The van der Waals surface area contributed by atoms with Gasteiger partial charge in [0, 0.05) is 6.42 Å². The Balaban J connectivity index is 2.53. The fourth-order valence-corrected chi connectivity index (χ4v) is 1.67. The largest absolute Gasteiger partial charge is 0.463 e. The number of carbonyl (C=O) groups is 1. The first-order valence-corrected chi connectivity index (χ1v) is 6.31. The second kappa shape index (κ2) is 6.67. The lowest BCUT2D eigenvalue weighted by Gasteiger charge is -2.31. The molecule has 0 aliphatic heterocycles.